The van der Waals surface area contributed by atoms with E-state index in [4.69, 9.17) is 21.1 Å². The normalized spacial score (nSPS) is 18.3. The monoisotopic (exact) mass is 361 g/mol. The third kappa shape index (κ3) is 3.33. The van der Waals surface area contributed by atoms with Crippen molar-refractivity contribution in [3.8, 4) is 11.5 Å². The van der Waals surface area contributed by atoms with Crippen LogP contribution in [-0.2, 0) is 12.1 Å². The van der Waals surface area contributed by atoms with Crippen LogP contribution in [-0.4, -0.2) is 13.2 Å². The quantitative estimate of drug-likeness (QED) is 0.847. The molecule has 0 spiro atoms. The molecule has 1 aliphatic carbocycles. The zero-order chi connectivity index (χ0) is 17.3. The van der Waals surface area contributed by atoms with Crippen LogP contribution < -0.4 is 14.8 Å². The summed E-state index contributed by atoms with van der Waals surface area (Å²) in [6, 6.07) is 10.8. The van der Waals surface area contributed by atoms with Gasteiger partial charge in [0.2, 0.25) is 0 Å². The Bertz CT molecular complexity index is 757. The first-order valence-electron chi connectivity index (χ1n) is 8.75. The molecule has 0 aromatic heterocycles. The molecule has 1 saturated carbocycles. The van der Waals surface area contributed by atoms with Crippen molar-refractivity contribution in [3.63, 3.8) is 0 Å². The van der Waals surface area contributed by atoms with Crippen molar-refractivity contribution in [2.45, 2.75) is 37.8 Å². The minimum Gasteiger partial charge on any atom is -0.486 e. The van der Waals surface area contributed by atoms with E-state index in [9.17, 15) is 4.39 Å². The van der Waals surface area contributed by atoms with Crippen LogP contribution in [0.5, 0.6) is 11.5 Å². The molecule has 0 amide bonds. The van der Waals surface area contributed by atoms with Crippen LogP contribution in [0.1, 0.15) is 36.8 Å². The van der Waals surface area contributed by atoms with E-state index in [0.717, 1.165) is 24.0 Å². The van der Waals surface area contributed by atoms with Crippen molar-refractivity contribution in [3.05, 3.63) is 58.4 Å². The van der Waals surface area contributed by atoms with Gasteiger partial charge in [0.1, 0.15) is 19.0 Å². The lowest BCUT2D eigenvalue weighted by Crippen LogP contribution is -2.39. The van der Waals surface area contributed by atoms with Gasteiger partial charge in [0, 0.05) is 12.1 Å². The Kier molecular flexibility index (Phi) is 4.57. The maximum atomic E-state index is 13.3. The molecule has 5 heteroatoms. The highest BCUT2D eigenvalue weighted by molar-refractivity contribution is 6.32. The number of halogens is 2. The van der Waals surface area contributed by atoms with E-state index in [2.05, 4.69) is 5.32 Å². The molecule has 2 aromatic carbocycles. The number of benzene rings is 2. The van der Waals surface area contributed by atoms with Gasteiger partial charge in [-0.15, -0.1) is 0 Å². The van der Waals surface area contributed by atoms with Crippen LogP contribution in [0.4, 0.5) is 4.39 Å². The Hall–Kier alpha value is -1.78. The fraction of sp³-hybridized carbons (Fsp3) is 0.400. The Morgan fingerprint density at radius 1 is 1.04 bits per heavy atom. The Morgan fingerprint density at radius 3 is 2.52 bits per heavy atom. The van der Waals surface area contributed by atoms with Gasteiger partial charge in [0.15, 0.2) is 11.5 Å². The molecule has 2 aromatic rings. The zero-order valence-corrected chi connectivity index (χ0v) is 14.7. The highest BCUT2D eigenvalue weighted by Gasteiger charge is 2.35. The molecular weight excluding hydrogens is 341 g/mol. The molecule has 4 rings (SSSR count). The topological polar surface area (TPSA) is 30.5 Å². The molecular formula is C20H21ClFNO2. The predicted octanol–water partition coefficient (Wildman–Crippen LogP) is 4.81. The van der Waals surface area contributed by atoms with E-state index < -0.39 is 0 Å². The average Bonchev–Trinajstić information content (AvgIpc) is 3.11. The summed E-state index contributed by atoms with van der Waals surface area (Å²) in [5.74, 6) is 1.14. The van der Waals surface area contributed by atoms with E-state index >= 15 is 0 Å². The standard InChI is InChI=1S/C20H21ClFNO2/c21-17-11-14(12-18-19(17)25-10-9-24-18)13-23-20(7-1-2-8-20)15-3-5-16(22)6-4-15/h3-6,11-12,23H,1-2,7-10,13H2. The number of ether oxygens (including phenoxy) is 2. The summed E-state index contributed by atoms with van der Waals surface area (Å²) in [6.07, 6.45) is 4.45. The van der Waals surface area contributed by atoms with Gasteiger partial charge < -0.3 is 14.8 Å². The van der Waals surface area contributed by atoms with Crippen LogP contribution >= 0.6 is 11.6 Å². The van der Waals surface area contributed by atoms with Gasteiger partial charge in [0.25, 0.3) is 0 Å². The molecule has 0 unspecified atom stereocenters. The fourth-order valence-electron chi connectivity index (χ4n) is 3.85. The summed E-state index contributed by atoms with van der Waals surface area (Å²) in [4.78, 5) is 0. The van der Waals surface area contributed by atoms with Crippen LogP contribution in [0.2, 0.25) is 5.02 Å². The molecule has 1 heterocycles. The Balaban J connectivity index is 1.56. The Morgan fingerprint density at radius 2 is 1.76 bits per heavy atom. The van der Waals surface area contributed by atoms with Gasteiger partial charge in [-0.25, -0.2) is 4.39 Å². The lowest BCUT2D eigenvalue weighted by atomic mass is 9.88. The maximum absolute atomic E-state index is 13.3. The smallest absolute Gasteiger partial charge is 0.179 e. The third-order valence-corrected chi connectivity index (χ3v) is 5.42. The highest BCUT2D eigenvalue weighted by Crippen LogP contribution is 2.41. The van der Waals surface area contributed by atoms with E-state index in [1.54, 1.807) is 0 Å². The van der Waals surface area contributed by atoms with E-state index in [0.29, 0.717) is 36.3 Å². The first-order chi connectivity index (χ1) is 12.2. The van der Waals surface area contributed by atoms with Gasteiger partial charge in [-0.1, -0.05) is 36.6 Å². The van der Waals surface area contributed by atoms with E-state index in [-0.39, 0.29) is 11.4 Å². The zero-order valence-electron chi connectivity index (χ0n) is 14.0. The SMILES string of the molecule is Fc1ccc(C2(NCc3cc(Cl)c4c(c3)OCCO4)CCCC2)cc1. The third-order valence-electron chi connectivity index (χ3n) is 5.14. The summed E-state index contributed by atoms with van der Waals surface area (Å²) in [6.45, 7) is 1.74. The number of nitrogens with one attached hydrogen (secondary N) is 1. The second kappa shape index (κ2) is 6.85. The summed E-state index contributed by atoms with van der Waals surface area (Å²) >= 11 is 6.34. The predicted molar refractivity (Wildman–Crippen MR) is 95.8 cm³/mol. The highest BCUT2D eigenvalue weighted by atomic mass is 35.5. The number of fused-ring (bicyclic) bond motifs is 1. The van der Waals surface area contributed by atoms with Crippen molar-refractivity contribution in [1.82, 2.24) is 5.32 Å². The molecule has 3 nitrogen and oxygen atoms in total. The molecule has 0 bridgehead atoms. The molecule has 0 radical (unpaired) electrons. The maximum Gasteiger partial charge on any atom is 0.179 e. The number of hydrogen-bond acceptors (Lipinski definition) is 3. The molecule has 132 valence electrons. The van der Waals surface area contributed by atoms with Gasteiger partial charge in [-0.3, -0.25) is 0 Å². The van der Waals surface area contributed by atoms with Crippen molar-refractivity contribution in [2.75, 3.05) is 13.2 Å². The van der Waals surface area contributed by atoms with Crippen molar-refractivity contribution in [1.29, 1.82) is 0 Å². The van der Waals surface area contributed by atoms with Crippen molar-refractivity contribution >= 4 is 11.6 Å². The second-order valence-electron chi connectivity index (χ2n) is 6.75. The molecule has 0 atom stereocenters. The minimum atomic E-state index is -0.199. The first-order valence-corrected chi connectivity index (χ1v) is 9.13. The number of rotatable bonds is 4. The summed E-state index contributed by atoms with van der Waals surface area (Å²) in [5, 5.41) is 4.28. The van der Waals surface area contributed by atoms with Gasteiger partial charge in [-0.2, -0.15) is 0 Å². The number of hydrogen-bond donors (Lipinski definition) is 1. The summed E-state index contributed by atoms with van der Waals surface area (Å²) in [7, 11) is 0. The first kappa shape index (κ1) is 16.7. The molecule has 25 heavy (non-hydrogen) atoms. The second-order valence-corrected chi connectivity index (χ2v) is 7.16. The molecule has 0 saturated heterocycles. The summed E-state index contributed by atoms with van der Waals surface area (Å²) in [5.41, 5.74) is 2.10. The van der Waals surface area contributed by atoms with Crippen LogP contribution in [0.25, 0.3) is 0 Å². The minimum absolute atomic E-state index is 0.104. The Labute approximate surface area is 152 Å². The van der Waals surface area contributed by atoms with Gasteiger partial charge >= 0.3 is 0 Å². The lowest BCUT2D eigenvalue weighted by Gasteiger charge is -2.31. The van der Waals surface area contributed by atoms with E-state index in [1.165, 1.54) is 25.0 Å². The van der Waals surface area contributed by atoms with Crippen molar-refractivity contribution < 1.29 is 13.9 Å². The molecule has 1 fully saturated rings. The molecule has 1 aliphatic heterocycles. The van der Waals surface area contributed by atoms with Crippen molar-refractivity contribution in [2.24, 2.45) is 0 Å². The fourth-order valence-corrected chi connectivity index (χ4v) is 4.14. The lowest BCUT2D eigenvalue weighted by molar-refractivity contribution is 0.171. The van der Waals surface area contributed by atoms with Gasteiger partial charge in [-0.05, 0) is 48.2 Å². The average molecular weight is 362 g/mol. The van der Waals surface area contributed by atoms with E-state index in [1.807, 2.05) is 24.3 Å². The van der Waals surface area contributed by atoms with Crippen LogP contribution in [0.15, 0.2) is 36.4 Å². The molecule has 1 N–H and O–H groups in total. The molecule has 2 aliphatic rings. The van der Waals surface area contributed by atoms with Gasteiger partial charge in [0.05, 0.1) is 5.02 Å². The largest absolute Gasteiger partial charge is 0.486 e. The summed E-state index contributed by atoms with van der Waals surface area (Å²) < 4.78 is 24.5. The van der Waals surface area contributed by atoms with Crippen LogP contribution in [0.3, 0.4) is 0 Å². The van der Waals surface area contributed by atoms with Crippen LogP contribution in [0, 0.1) is 5.82 Å².